The molecule has 0 unspecified atom stereocenters. The number of anilines is 1. The lowest BCUT2D eigenvalue weighted by Crippen LogP contribution is -2.19. The van der Waals surface area contributed by atoms with Gasteiger partial charge in [-0.3, -0.25) is 0 Å². The van der Waals surface area contributed by atoms with Crippen LogP contribution in [0, 0.1) is 5.82 Å². The van der Waals surface area contributed by atoms with E-state index in [4.69, 9.17) is 0 Å². The number of benzene rings is 1. The second-order valence-electron chi connectivity index (χ2n) is 4.75. The SMILES string of the molecule is CCNCc1ccnc(N(C)Cc2ccccc2F)c1. The molecule has 0 saturated heterocycles. The van der Waals surface area contributed by atoms with E-state index in [1.807, 2.05) is 30.1 Å². The van der Waals surface area contributed by atoms with Crippen LogP contribution in [-0.4, -0.2) is 18.6 Å². The van der Waals surface area contributed by atoms with Crippen molar-refractivity contribution in [1.29, 1.82) is 0 Å². The van der Waals surface area contributed by atoms with Gasteiger partial charge in [0.15, 0.2) is 0 Å². The molecule has 1 aromatic heterocycles. The molecular formula is C16H20FN3. The third kappa shape index (κ3) is 3.78. The summed E-state index contributed by atoms with van der Waals surface area (Å²) < 4.78 is 13.7. The van der Waals surface area contributed by atoms with Crippen molar-refractivity contribution in [2.45, 2.75) is 20.0 Å². The predicted molar refractivity (Wildman–Crippen MR) is 80.1 cm³/mol. The monoisotopic (exact) mass is 273 g/mol. The Morgan fingerprint density at radius 1 is 1.25 bits per heavy atom. The van der Waals surface area contributed by atoms with Crippen LogP contribution in [0.15, 0.2) is 42.6 Å². The number of hydrogen-bond acceptors (Lipinski definition) is 3. The van der Waals surface area contributed by atoms with Crippen LogP contribution < -0.4 is 10.2 Å². The maximum atomic E-state index is 13.7. The zero-order chi connectivity index (χ0) is 14.4. The molecular weight excluding hydrogens is 253 g/mol. The highest BCUT2D eigenvalue weighted by Gasteiger charge is 2.07. The number of halogens is 1. The highest BCUT2D eigenvalue weighted by molar-refractivity contribution is 5.41. The molecule has 0 aliphatic heterocycles. The molecule has 1 N–H and O–H groups in total. The van der Waals surface area contributed by atoms with Crippen LogP contribution >= 0.6 is 0 Å². The number of aromatic nitrogens is 1. The van der Waals surface area contributed by atoms with Crippen LogP contribution in [-0.2, 0) is 13.1 Å². The Bertz CT molecular complexity index is 557. The maximum absolute atomic E-state index is 13.7. The molecule has 2 aromatic rings. The summed E-state index contributed by atoms with van der Waals surface area (Å²) in [5, 5.41) is 3.28. The van der Waals surface area contributed by atoms with Gasteiger partial charge in [0.05, 0.1) is 0 Å². The molecule has 0 bridgehead atoms. The summed E-state index contributed by atoms with van der Waals surface area (Å²) in [6.45, 7) is 4.33. The van der Waals surface area contributed by atoms with E-state index in [1.165, 1.54) is 11.6 Å². The van der Waals surface area contributed by atoms with Crippen molar-refractivity contribution >= 4 is 5.82 Å². The summed E-state index contributed by atoms with van der Waals surface area (Å²) in [4.78, 5) is 6.30. The number of hydrogen-bond donors (Lipinski definition) is 1. The zero-order valence-electron chi connectivity index (χ0n) is 11.9. The fraction of sp³-hybridized carbons (Fsp3) is 0.312. The van der Waals surface area contributed by atoms with E-state index in [9.17, 15) is 4.39 Å². The van der Waals surface area contributed by atoms with E-state index >= 15 is 0 Å². The number of nitrogens with one attached hydrogen (secondary N) is 1. The fourth-order valence-corrected chi connectivity index (χ4v) is 2.01. The van der Waals surface area contributed by atoms with Gasteiger partial charge in [0, 0.05) is 31.9 Å². The Morgan fingerprint density at radius 2 is 2.05 bits per heavy atom. The van der Waals surface area contributed by atoms with Crippen molar-refractivity contribution < 1.29 is 4.39 Å². The minimum Gasteiger partial charge on any atom is -0.355 e. The zero-order valence-corrected chi connectivity index (χ0v) is 11.9. The van der Waals surface area contributed by atoms with Crippen molar-refractivity contribution in [2.24, 2.45) is 0 Å². The molecule has 3 nitrogen and oxygen atoms in total. The Labute approximate surface area is 119 Å². The molecule has 1 heterocycles. The Kier molecular flexibility index (Phi) is 5.07. The van der Waals surface area contributed by atoms with E-state index in [2.05, 4.69) is 17.2 Å². The molecule has 20 heavy (non-hydrogen) atoms. The predicted octanol–water partition coefficient (Wildman–Crippen LogP) is 2.97. The normalized spacial score (nSPS) is 10.6. The minimum absolute atomic E-state index is 0.178. The van der Waals surface area contributed by atoms with Crippen molar-refractivity contribution in [3.8, 4) is 0 Å². The highest BCUT2D eigenvalue weighted by atomic mass is 19.1. The topological polar surface area (TPSA) is 28.2 Å². The van der Waals surface area contributed by atoms with Gasteiger partial charge in [-0.2, -0.15) is 0 Å². The summed E-state index contributed by atoms with van der Waals surface area (Å²) in [6, 6.07) is 10.9. The van der Waals surface area contributed by atoms with E-state index in [1.54, 1.807) is 18.3 Å². The molecule has 106 valence electrons. The van der Waals surface area contributed by atoms with E-state index in [-0.39, 0.29) is 5.82 Å². The molecule has 0 aliphatic carbocycles. The van der Waals surface area contributed by atoms with Gasteiger partial charge in [-0.1, -0.05) is 25.1 Å². The number of rotatable bonds is 6. The molecule has 1 aromatic carbocycles. The average Bonchev–Trinajstić information content (AvgIpc) is 2.48. The second-order valence-corrected chi connectivity index (χ2v) is 4.75. The van der Waals surface area contributed by atoms with Crippen molar-refractivity contribution in [3.05, 3.63) is 59.5 Å². The number of pyridine rings is 1. The highest BCUT2D eigenvalue weighted by Crippen LogP contribution is 2.16. The summed E-state index contributed by atoms with van der Waals surface area (Å²) in [5.41, 5.74) is 1.85. The van der Waals surface area contributed by atoms with Crippen LogP contribution in [0.5, 0.6) is 0 Å². The first-order valence-electron chi connectivity index (χ1n) is 6.81. The van der Waals surface area contributed by atoms with E-state index in [0.717, 1.165) is 18.9 Å². The fourth-order valence-electron chi connectivity index (χ4n) is 2.01. The molecule has 0 fully saturated rings. The molecule has 0 spiro atoms. The second kappa shape index (κ2) is 7.01. The Balaban J connectivity index is 2.09. The molecule has 0 amide bonds. The molecule has 0 saturated carbocycles. The largest absolute Gasteiger partial charge is 0.355 e. The first kappa shape index (κ1) is 14.5. The third-order valence-corrected chi connectivity index (χ3v) is 3.15. The lowest BCUT2D eigenvalue weighted by Gasteiger charge is -2.19. The van der Waals surface area contributed by atoms with Gasteiger partial charge in [0.25, 0.3) is 0 Å². The van der Waals surface area contributed by atoms with Crippen LogP contribution in [0.2, 0.25) is 0 Å². The van der Waals surface area contributed by atoms with Gasteiger partial charge >= 0.3 is 0 Å². The Morgan fingerprint density at radius 3 is 2.80 bits per heavy atom. The van der Waals surface area contributed by atoms with Gasteiger partial charge in [-0.15, -0.1) is 0 Å². The van der Waals surface area contributed by atoms with Crippen molar-refractivity contribution in [3.63, 3.8) is 0 Å². The van der Waals surface area contributed by atoms with Crippen LogP contribution in [0.3, 0.4) is 0 Å². The standard InChI is InChI=1S/C16H20FN3/c1-3-18-11-13-8-9-19-16(10-13)20(2)12-14-6-4-5-7-15(14)17/h4-10,18H,3,11-12H2,1-2H3. The molecule has 4 heteroatoms. The van der Waals surface area contributed by atoms with Crippen LogP contribution in [0.4, 0.5) is 10.2 Å². The van der Waals surface area contributed by atoms with Crippen LogP contribution in [0.1, 0.15) is 18.1 Å². The maximum Gasteiger partial charge on any atom is 0.128 e. The molecule has 0 radical (unpaired) electrons. The van der Waals surface area contributed by atoms with Gasteiger partial charge in [0.1, 0.15) is 11.6 Å². The molecule has 2 rings (SSSR count). The first-order chi connectivity index (χ1) is 9.70. The Hall–Kier alpha value is -1.94. The quantitative estimate of drug-likeness (QED) is 0.877. The van der Waals surface area contributed by atoms with Gasteiger partial charge in [-0.05, 0) is 30.3 Å². The van der Waals surface area contributed by atoms with Gasteiger partial charge < -0.3 is 10.2 Å². The molecule has 0 atom stereocenters. The third-order valence-electron chi connectivity index (χ3n) is 3.15. The van der Waals surface area contributed by atoms with Gasteiger partial charge in [0.2, 0.25) is 0 Å². The summed E-state index contributed by atoms with van der Waals surface area (Å²) in [5.74, 6) is 0.673. The number of nitrogens with zero attached hydrogens (tertiary/aromatic N) is 2. The summed E-state index contributed by atoms with van der Waals surface area (Å²) in [6.07, 6.45) is 1.79. The van der Waals surface area contributed by atoms with Crippen molar-refractivity contribution in [1.82, 2.24) is 10.3 Å². The minimum atomic E-state index is -0.178. The molecule has 0 aliphatic rings. The van der Waals surface area contributed by atoms with E-state index in [0.29, 0.717) is 12.1 Å². The smallest absolute Gasteiger partial charge is 0.128 e. The van der Waals surface area contributed by atoms with E-state index < -0.39 is 0 Å². The van der Waals surface area contributed by atoms with Crippen molar-refractivity contribution in [2.75, 3.05) is 18.5 Å². The first-order valence-corrected chi connectivity index (χ1v) is 6.81. The van der Waals surface area contributed by atoms with Crippen LogP contribution in [0.25, 0.3) is 0 Å². The lowest BCUT2D eigenvalue weighted by molar-refractivity contribution is 0.607. The average molecular weight is 273 g/mol. The van der Waals surface area contributed by atoms with Gasteiger partial charge in [-0.25, -0.2) is 9.37 Å². The summed E-state index contributed by atoms with van der Waals surface area (Å²) >= 11 is 0. The summed E-state index contributed by atoms with van der Waals surface area (Å²) in [7, 11) is 1.92. The lowest BCUT2D eigenvalue weighted by atomic mass is 10.2.